The molecule has 0 saturated heterocycles. The zero-order valence-corrected chi connectivity index (χ0v) is 11.4. The SMILES string of the molecule is Cn1ccc2c3c(N)nc(N)nc3cc(-c3ccco3)c21. The molecule has 0 saturated carbocycles. The van der Waals surface area contributed by atoms with E-state index in [-0.39, 0.29) is 5.95 Å². The van der Waals surface area contributed by atoms with Crippen LogP contribution in [0.15, 0.2) is 41.1 Å². The first kappa shape index (κ1) is 11.8. The number of rotatable bonds is 1. The second kappa shape index (κ2) is 3.99. The molecule has 1 aromatic carbocycles. The average molecular weight is 279 g/mol. The number of hydrogen-bond acceptors (Lipinski definition) is 5. The second-order valence-corrected chi connectivity index (χ2v) is 4.95. The maximum absolute atomic E-state index is 6.04. The second-order valence-electron chi connectivity index (χ2n) is 4.95. The largest absolute Gasteiger partial charge is 0.464 e. The van der Waals surface area contributed by atoms with Crippen molar-refractivity contribution in [3.63, 3.8) is 0 Å². The molecule has 21 heavy (non-hydrogen) atoms. The summed E-state index contributed by atoms with van der Waals surface area (Å²) in [7, 11) is 1.98. The summed E-state index contributed by atoms with van der Waals surface area (Å²) < 4.78 is 7.57. The molecule has 0 aliphatic heterocycles. The smallest absolute Gasteiger partial charge is 0.222 e. The molecular formula is C15H13N5O. The number of fused-ring (bicyclic) bond motifs is 3. The van der Waals surface area contributed by atoms with E-state index in [9.17, 15) is 0 Å². The van der Waals surface area contributed by atoms with Gasteiger partial charge in [-0.25, -0.2) is 4.98 Å². The van der Waals surface area contributed by atoms with Crippen molar-refractivity contribution in [2.24, 2.45) is 7.05 Å². The topological polar surface area (TPSA) is 95.9 Å². The molecular weight excluding hydrogens is 266 g/mol. The quantitative estimate of drug-likeness (QED) is 0.558. The Balaban J connectivity index is 2.25. The summed E-state index contributed by atoms with van der Waals surface area (Å²) in [4.78, 5) is 8.37. The van der Waals surface area contributed by atoms with Crippen molar-refractivity contribution in [1.82, 2.24) is 14.5 Å². The molecule has 0 amide bonds. The normalized spacial score (nSPS) is 11.5. The predicted octanol–water partition coefficient (Wildman–Crippen LogP) is 2.55. The highest BCUT2D eigenvalue weighted by Gasteiger charge is 2.16. The first-order valence-electron chi connectivity index (χ1n) is 6.50. The van der Waals surface area contributed by atoms with Crippen molar-refractivity contribution < 1.29 is 4.42 Å². The highest BCUT2D eigenvalue weighted by molar-refractivity contribution is 6.15. The van der Waals surface area contributed by atoms with Gasteiger partial charge in [-0.05, 0) is 24.3 Å². The Kier molecular flexibility index (Phi) is 2.24. The summed E-state index contributed by atoms with van der Waals surface area (Å²) in [5.74, 6) is 1.33. The summed E-state index contributed by atoms with van der Waals surface area (Å²) >= 11 is 0. The Morgan fingerprint density at radius 2 is 2.05 bits per heavy atom. The molecule has 3 heterocycles. The van der Waals surface area contributed by atoms with Gasteiger partial charge in [-0.3, -0.25) is 0 Å². The highest BCUT2D eigenvalue weighted by atomic mass is 16.3. The molecule has 4 aromatic rings. The number of nitrogens with two attached hydrogens (primary N) is 2. The fourth-order valence-corrected chi connectivity index (χ4v) is 2.79. The van der Waals surface area contributed by atoms with Crippen molar-refractivity contribution in [3.8, 4) is 11.3 Å². The number of aromatic nitrogens is 3. The Labute approximate surface area is 120 Å². The van der Waals surface area contributed by atoms with Gasteiger partial charge in [0, 0.05) is 24.2 Å². The fourth-order valence-electron chi connectivity index (χ4n) is 2.79. The summed E-state index contributed by atoms with van der Waals surface area (Å²) in [5.41, 5.74) is 14.4. The van der Waals surface area contributed by atoms with Crippen LogP contribution >= 0.6 is 0 Å². The lowest BCUT2D eigenvalue weighted by Gasteiger charge is -2.09. The van der Waals surface area contributed by atoms with Crippen LogP contribution in [0.1, 0.15) is 0 Å². The minimum Gasteiger partial charge on any atom is -0.464 e. The van der Waals surface area contributed by atoms with Gasteiger partial charge in [0.2, 0.25) is 5.95 Å². The van der Waals surface area contributed by atoms with Crippen LogP contribution in [0.4, 0.5) is 11.8 Å². The lowest BCUT2D eigenvalue weighted by molar-refractivity contribution is 0.582. The third-order valence-corrected chi connectivity index (χ3v) is 3.65. The summed E-state index contributed by atoms with van der Waals surface area (Å²) in [5, 5.41) is 1.80. The van der Waals surface area contributed by atoms with Crippen molar-refractivity contribution in [3.05, 3.63) is 36.7 Å². The summed E-state index contributed by atoms with van der Waals surface area (Å²) in [6.07, 6.45) is 3.63. The molecule has 4 rings (SSSR count). The van der Waals surface area contributed by atoms with E-state index < -0.39 is 0 Å². The monoisotopic (exact) mass is 279 g/mol. The van der Waals surface area contributed by atoms with Gasteiger partial charge in [-0.15, -0.1) is 0 Å². The molecule has 6 nitrogen and oxygen atoms in total. The Bertz CT molecular complexity index is 969. The number of nitrogens with zero attached hydrogens (tertiary/aromatic N) is 3. The van der Waals surface area contributed by atoms with E-state index in [1.54, 1.807) is 6.26 Å². The van der Waals surface area contributed by atoms with Gasteiger partial charge in [-0.2, -0.15) is 4.98 Å². The minimum atomic E-state index is 0.167. The Morgan fingerprint density at radius 3 is 2.81 bits per heavy atom. The zero-order chi connectivity index (χ0) is 14.6. The van der Waals surface area contributed by atoms with Gasteiger partial charge in [0.15, 0.2) is 0 Å². The van der Waals surface area contributed by atoms with E-state index in [1.807, 2.05) is 42.1 Å². The van der Waals surface area contributed by atoms with Crippen molar-refractivity contribution in [2.75, 3.05) is 11.5 Å². The van der Waals surface area contributed by atoms with Crippen LogP contribution in [0, 0.1) is 0 Å². The van der Waals surface area contributed by atoms with Crippen LogP contribution in [0.25, 0.3) is 33.1 Å². The third kappa shape index (κ3) is 1.59. The van der Waals surface area contributed by atoms with Crippen molar-refractivity contribution >= 4 is 33.6 Å². The minimum absolute atomic E-state index is 0.167. The van der Waals surface area contributed by atoms with E-state index in [4.69, 9.17) is 15.9 Å². The van der Waals surface area contributed by atoms with E-state index in [0.717, 1.165) is 27.6 Å². The van der Waals surface area contributed by atoms with Crippen LogP contribution < -0.4 is 11.5 Å². The van der Waals surface area contributed by atoms with Gasteiger partial charge in [0.1, 0.15) is 11.6 Å². The van der Waals surface area contributed by atoms with Crippen molar-refractivity contribution in [1.29, 1.82) is 0 Å². The first-order chi connectivity index (χ1) is 10.1. The molecule has 0 aliphatic rings. The highest BCUT2D eigenvalue weighted by Crippen LogP contribution is 2.36. The van der Waals surface area contributed by atoms with E-state index in [1.165, 1.54) is 0 Å². The molecule has 0 fully saturated rings. The third-order valence-electron chi connectivity index (χ3n) is 3.65. The summed E-state index contributed by atoms with van der Waals surface area (Å²) in [6.45, 7) is 0. The molecule has 0 atom stereocenters. The van der Waals surface area contributed by atoms with Gasteiger partial charge in [-0.1, -0.05) is 0 Å². The lowest BCUT2D eigenvalue weighted by Crippen LogP contribution is -2.01. The number of benzene rings is 1. The number of furan rings is 1. The molecule has 3 aromatic heterocycles. The van der Waals surface area contributed by atoms with Crippen molar-refractivity contribution in [2.45, 2.75) is 0 Å². The Hall–Kier alpha value is -3.02. The average Bonchev–Trinajstić information content (AvgIpc) is 3.07. The van der Waals surface area contributed by atoms with Crippen LogP contribution in [0.2, 0.25) is 0 Å². The lowest BCUT2D eigenvalue weighted by atomic mass is 10.0. The van der Waals surface area contributed by atoms with Gasteiger partial charge in [0.05, 0.1) is 22.7 Å². The maximum atomic E-state index is 6.04. The molecule has 0 unspecified atom stereocenters. The summed E-state index contributed by atoms with van der Waals surface area (Å²) in [6, 6.07) is 7.71. The zero-order valence-electron chi connectivity index (χ0n) is 11.4. The molecule has 0 spiro atoms. The van der Waals surface area contributed by atoms with E-state index in [2.05, 4.69) is 9.97 Å². The van der Waals surface area contributed by atoms with Crippen LogP contribution in [-0.2, 0) is 7.05 Å². The number of nitrogen functional groups attached to an aromatic ring is 2. The molecule has 4 N–H and O–H groups in total. The molecule has 0 bridgehead atoms. The molecule has 0 aliphatic carbocycles. The first-order valence-corrected chi connectivity index (χ1v) is 6.50. The van der Waals surface area contributed by atoms with Crippen LogP contribution in [0.3, 0.4) is 0 Å². The number of anilines is 2. The van der Waals surface area contributed by atoms with Crippen LogP contribution in [-0.4, -0.2) is 14.5 Å². The standard InChI is InChI=1S/C15H13N5O/c1-20-5-4-8-12-10(18-15(17)19-14(12)16)7-9(13(8)20)11-3-2-6-21-11/h2-7H,1H3,(H4,16,17,18,19). The number of hydrogen-bond donors (Lipinski definition) is 2. The Morgan fingerprint density at radius 1 is 1.19 bits per heavy atom. The van der Waals surface area contributed by atoms with E-state index >= 15 is 0 Å². The van der Waals surface area contributed by atoms with Gasteiger partial charge >= 0.3 is 0 Å². The van der Waals surface area contributed by atoms with Gasteiger partial charge < -0.3 is 20.5 Å². The molecule has 6 heteroatoms. The van der Waals surface area contributed by atoms with E-state index in [0.29, 0.717) is 11.3 Å². The van der Waals surface area contributed by atoms with Gasteiger partial charge in [0.25, 0.3) is 0 Å². The number of aryl methyl sites for hydroxylation is 1. The van der Waals surface area contributed by atoms with Crippen LogP contribution in [0.5, 0.6) is 0 Å². The maximum Gasteiger partial charge on any atom is 0.222 e. The predicted molar refractivity (Wildman–Crippen MR) is 82.5 cm³/mol. The molecule has 0 radical (unpaired) electrons. The fraction of sp³-hybridized carbons (Fsp3) is 0.0667. The molecule has 104 valence electrons.